The summed E-state index contributed by atoms with van der Waals surface area (Å²) in [7, 11) is 0. The van der Waals surface area contributed by atoms with E-state index >= 15 is 0 Å². The molecular weight excluding hydrogens is 224 g/mol. The average molecular weight is 250 g/mol. The molecule has 1 unspecified atom stereocenters. The van der Waals surface area contributed by atoms with Crippen molar-refractivity contribution < 1.29 is 0 Å². The van der Waals surface area contributed by atoms with Gasteiger partial charge in [-0.3, -0.25) is 0 Å². The summed E-state index contributed by atoms with van der Waals surface area (Å²) in [5.74, 6) is 2.69. The van der Waals surface area contributed by atoms with Gasteiger partial charge in [0.15, 0.2) is 0 Å². The highest BCUT2D eigenvalue weighted by Crippen LogP contribution is 2.23. The smallest absolute Gasteiger partial charge is 0.137 e. The predicted octanol–water partition coefficient (Wildman–Crippen LogP) is 3.09. The molecule has 1 aromatic heterocycles. The van der Waals surface area contributed by atoms with Crippen molar-refractivity contribution in [2.45, 2.75) is 41.0 Å². The summed E-state index contributed by atoms with van der Waals surface area (Å²) in [6.45, 7) is 13.8. The Labute approximate surface area is 111 Å². The molecule has 0 radical (unpaired) electrons. The van der Waals surface area contributed by atoms with Gasteiger partial charge >= 0.3 is 0 Å². The van der Waals surface area contributed by atoms with Crippen LogP contribution in [0.15, 0.2) is 6.33 Å². The summed E-state index contributed by atoms with van der Waals surface area (Å²) in [6.07, 6.45) is 2.85. The maximum Gasteiger partial charge on any atom is 0.137 e. The van der Waals surface area contributed by atoms with Gasteiger partial charge in [-0.2, -0.15) is 0 Å². The van der Waals surface area contributed by atoms with Crippen molar-refractivity contribution in [1.82, 2.24) is 9.97 Å². The molecule has 0 saturated heterocycles. The van der Waals surface area contributed by atoms with Crippen LogP contribution < -0.4 is 10.2 Å². The van der Waals surface area contributed by atoms with Crippen LogP contribution in [0.2, 0.25) is 0 Å². The molecule has 0 aromatic carbocycles. The van der Waals surface area contributed by atoms with Crippen LogP contribution in [-0.4, -0.2) is 29.6 Å². The lowest BCUT2D eigenvalue weighted by Gasteiger charge is -2.27. The highest BCUT2D eigenvalue weighted by molar-refractivity contribution is 5.57. The lowest BCUT2D eigenvalue weighted by molar-refractivity contribution is 0.545. The van der Waals surface area contributed by atoms with Gasteiger partial charge in [0.05, 0.1) is 0 Å². The molecule has 1 N–H and O–H groups in total. The number of rotatable bonds is 7. The SMILES string of the molecule is CCNc1ncnc(N(CC)CC(C)CC)c1C. The molecule has 0 aliphatic carbocycles. The monoisotopic (exact) mass is 250 g/mol. The van der Waals surface area contributed by atoms with E-state index in [2.05, 4.69) is 54.8 Å². The first-order chi connectivity index (χ1) is 8.63. The summed E-state index contributed by atoms with van der Waals surface area (Å²) < 4.78 is 0. The van der Waals surface area contributed by atoms with Crippen molar-refractivity contribution in [2.24, 2.45) is 5.92 Å². The Morgan fingerprint density at radius 1 is 1.28 bits per heavy atom. The highest BCUT2D eigenvalue weighted by Gasteiger charge is 2.14. The van der Waals surface area contributed by atoms with Gasteiger partial charge in [0.25, 0.3) is 0 Å². The average Bonchev–Trinajstić information content (AvgIpc) is 2.38. The molecule has 0 spiro atoms. The van der Waals surface area contributed by atoms with E-state index in [9.17, 15) is 0 Å². The van der Waals surface area contributed by atoms with Crippen LogP contribution in [-0.2, 0) is 0 Å². The molecule has 4 heteroatoms. The van der Waals surface area contributed by atoms with Crippen molar-refractivity contribution >= 4 is 11.6 Å². The van der Waals surface area contributed by atoms with Crippen LogP contribution >= 0.6 is 0 Å². The predicted molar refractivity (Wildman–Crippen MR) is 78.3 cm³/mol. The first-order valence-electron chi connectivity index (χ1n) is 6.94. The maximum atomic E-state index is 4.45. The highest BCUT2D eigenvalue weighted by atomic mass is 15.2. The second kappa shape index (κ2) is 7.19. The van der Waals surface area contributed by atoms with E-state index < -0.39 is 0 Å². The minimum absolute atomic E-state index is 0.682. The topological polar surface area (TPSA) is 41.1 Å². The molecule has 1 atom stereocenters. The van der Waals surface area contributed by atoms with E-state index in [1.54, 1.807) is 6.33 Å². The quantitative estimate of drug-likeness (QED) is 0.807. The van der Waals surface area contributed by atoms with Crippen molar-refractivity contribution in [1.29, 1.82) is 0 Å². The van der Waals surface area contributed by atoms with Gasteiger partial charge in [-0.15, -0.1) is 0 Å². The zero-order valence-electron chi connectivity index (χ0n) is 12.3. The molecule has 0 amide bonds. The number of nitrogens with one attached hydrogen (secondary N) is 1. The van der Waals surface area contributed by atoms with Gasteiger partial charge in [0.2, 0.25) is 0 Å². The normalized spacial score (nSPS) is 12.3. The number of anilines is 2. The van der Waals surface area contributed by atoms with Gasteiger partial charge in [-0.25, -0.2) is 9.97 Å². The summed E-state index contributed by atoms with van der Waals surface area (Å²) in [5.41, 5.74) is 1.14. The lowest BCUT2D eigenvalue weighted by atomic mass is 10.1. The third-order valence-electron chi connectivity index (χ3n) is 3.31. The molecule has 18 heavy (non-hydrogen) atoms. The molecule has 1 rings (SSSR count). The minimum atomic E-state index is 0.682. The molecule has 102 valence electrons. The molecule has 4 nitrogen and oxygen atoms in total. The van der Waals surface area contributed by atoms with E-state index in [1.807, 2.05) is 0 Å². The Balaban J connectivity index is 2.94. The minimum Gasteiger partial charge on any atom is -0.370 e. The molecule has 1 aromatic rings. The number of nitrogens with zero attached hydrogens (tertiary/aromatic N) is 3. The number of hydrogen-bond acceptors (Lipinski definition) is 4. The zero-order valence-corrected chi connectivity index (χ0v) is 12.3. The van der Waals surface area contributed by atoms with Gasteiger partial charge in [0, 0.05) is 25.2 Å². The fourth-order valence-electron chi connectivity index (χ4n) is 1.98. The molecular formula is C14H26N4. The second-order valence-electron chi connectivity index (χ2n) is 4.75. The van der Waals surface area contributed by atoms with Crippen molar-refractivity contribution in [3.05, 3.63) is 11.9 Å². The van der Waals surface area contributed by atoms with Gasteiger partial charge in [-0.1, -0.05) is 20.3 Å². The maximum absolute atomic E-state index is 4.45. The van der Waals surface area contributed by atoms with Crippen molar-refractivity contribution in [2.75, 3.05) is 29.9 Å². The van der Waals surface area contributed by atoms with Gasteiger partial charge in [0.1, 0.15) is 18.0 Å². The van der Waals surface area contributed by atoms with Crippen molar-refractivity contribution in [3.8, 4) is 0 Å². The molecule has 0 bridgehead atoms. The van der Waals surface area contributed by atoms with E-state index in [0.29, 0.717) is 5.92 Å². The van der Waals surface area contributed by atoms with Crippen LogP contribution in [0.4, 0.5) is 11.6 Å². The van der Waals surface area contributed by atoms with Crippen molar-refractivity contribution in [3.63, 3.8) is 0 Å². The fraction of sp³-hybridized carbons (Fsp3) is 0.714. The van der Waals surface area contributed by atoms with Crippen LogP contribution in [0.3, 0.4) is 0 Å². The molecule has 1 heterocycles. The Kier molecular flexibility index (Phi) is 5.89. The zero-order chi connectivity index (χ0) is 13.5. The second-order valence-corrected chi connectivity index (χ2v) is 4.75. The molecule has 0 fully saturated rings. The number of hydrogen-bond donors (Lipinski definition) is 1. The Morgan fingerprint density at radius 2 is 2.00 bits per heavy atom. The van der Waals surface area contributed by atoms with Crippen LogP contribution in [0.1, 0.15) is 39.7 Å². The van der Waals surface area contributed by atoms with E-state index in [1.165, 1.54) is 6.42 Å². The standard InChI is InChI=1S/C14H26N4/c1-6-11(4)9-18(8-3)14-12(5)13(15-7-2)16-10-17-14/h10-11H,6-9H2,1-5H3,(H,15,16,17). The van der Waals surface area contributed by atoms with E-state index in [4.69, 9.17) is 0 Å². The molecule has 0 saturated carbocycles. The Hall–Kier alpha value is -1.32. The molecule has 0 aliphatic heterocycles. The third kappa shape index (κ3) is 3.59. The van der Waals surface area contributed by atoms with Gasteiger partial charge < -0.3 is 10.2 Å². The first kappa shape index (κ1) is 14.7. The summed E-state index contributed by atoms with van der Waals surface area (Å²) in [6, 6.07) is 0. The third-order valence-corrected chi connectivity index (χ3v) is 3.31. The van der Waals surface area contributed by atoms with Crippen LogP contribution in [0.5, 0.6) is 0 Å². The summed E-state index contributed by atoms with van der Waals surface area (Å²) in [4.78, 5) is 11.1. The number of aromatic nitrogens is 2. The first-order valence-corrected chi connectivity index (χ1v) is 6.94. The van der Waals surface area contributed by atoms with Gasteiger partial charge in [-0.05, 0) is 26.7 Å². The van der Waals surface area contributed by atoms with Crippen LogP contribution in [0, 0.1) is 12.8 Å². The van der Waals surface area contributed by atoms with E-state index in [-0.39, 0.29) is 0 Å². The summed E-state index contributed by atoms with van der Waals surface area (Å²) in [5, 5.41) is 3.28. The summed E-state index contributed by atoms with van der Waals surface area (Å²) >= 11 is 0. The van der Waals surface area contributed by atoms with E-state index in [0.717, 1.165) is 36.8 Å². The lowest BCUT2D eigenvalue weighted by Crippen LogP contribution is -2.29. The van der Waals surface area contributed by atoms with Crippen LogP contribution in [0.25, 0.3) is 0 Å². The Bertz CT molecular complexity index is 365. The Morgan fingerprint density at radius 3 is 2.56 bits per heavy atom. The fourth-order valence-corrected chi connectivity index (χ4v) is 1.98. The largest absolute Gasteiger partial charge is 0.370 e. The molecule has 0 aliphatic rings.